The van der Waals surface area contributed by atoms with Crippen LogP contribution >= 0.6 is 11.8 Å². The van der Waals surface area contributed by atoms with E-state index in [2.05, 4.69) is 21.2 Å². The molecule has 0 bridgehead atoms. The molecular weight excluding hydrogens is 384 g/mol. The topological polar surface area (TPSA) is 62.1 Å². The minimum atomic E-state index is 0.723. The maximum Gasteiger partial charge on any atom is 0.196 e. The number of rotatable bonds is 7. The van der Waals surface area contributed by atoms with Crippen LogP contribution in [0, 0.1) is 0 Å². The van der Waals surface area contributed by atoms with Crippen molar-refractivity contribution in [3.63, 3.8) is 0 Å². The van der Waals surface area contributed by atoms with E-state index in [4.69, 9.17) is 9.47 Å². The zero-order valence-electron chi connectivity index (χ0n) is 16.1. The van der Waals surface area contributed by atoms with Gasteiger partial charge in [-0.05, 0) is 48.0 Å². The predicted octanol–water partition coefficient (Wildman–Crippen LogP) is 4.64. The van der Waals surface area contributed by atoms with E-state index in [0.717, 1.165) is 45.0 Å². The van der Waals surface area contributed by atoms with Gasteiger partial charge in [0.2, 0.25) is 0 Å². The van der Waals surface area contributed by atoms with Gasteiger partial charge in [0.05, 0.1) is 25.5 Å². The Balaban J connectivity index is 1.77. The second-order valence-electron chi connectivity index (χ2n) is 6.19. The quantitative estimate of drug-likeness (QED) is 0.418. The molecule has 0 N–H and O–H groups in total. The molecular formula is C22H20N4O2S. The summed E-state index contributed by atoms with van der Waals surface area (Å²) >= 11 is 1.61. The third kappa shape index (κ3) is 4.09. The lowest BCUT2D eigenvalue weighted by atomic mass is 10.2. The summed E-state index contributed by atoms with van der Waals surface area (Å²) < 4.78 is 12.9. The highest BCUT2D eigenvalue weighted by molar-refractivity contribution is 7.98. The summed E-state index contributed by atoms with van der Waals surface area (Å²) in [6.45, 7) is 0. The van der Waals surface area contributed by atoms with E-state index in [1.165, 1.54) is 0 Å². The Labute approximate surface area is 173 Å². The third-order valence-corrected chi connectivity index (χ3v) is 5.40. The van der Waals surface area contributed by atoms with Crippen LogP contribution in [0.3, 0.4) is 0 Å². The standard InChI is InChI=1S/C22H20N4O2S/c1-27-18-11-9-17(10-12-18)26-21(19-7-3-4-8-20(19)28-2)24-25-22(26)29-15-16-6-5-13-23-14-16/h3-14H,15H2,1-2H3. The highest BCUT2D eigenvalue weighted by Gasteiger charge is 2.19. The van der Waals surface area contributed by atoms with Crippen LogP contribution in [0.25, 0.3) is 17.1 Å². The molecule has 29 heavy (non-hydrogen) atoms. The molecule has 0 unspecified atom stereocenters. The summed E-state index contributed by atoms with van der Waals surface area (Å²) in [5.41, 5.74) is 2.96. The van der Waals surface area contributed by atoms with Gasteiger partial charge in [-0.2, -0.15) is 0 Å². The Morgan fingerprint density at radius 1 is 0.897 bits per heavy atom. The normalized spacial score (nSPS) is 10.7. The van der Waals surface area contributed by atoms with Crippen molar-refractivity contribution < 1.29 is 9.47 Å². The number of thioether (sulfide) groups is 1. The van der Waals surface area contributed by atoms with Gasteiger partial charge in [-0.15, -0.1) is 10.2 Å². The van der Waals surface area contributed by atoms with Gasteiger partial charge in [0.1, 0.15) is 11.5 Å². The molecule has 0 aliphatic rings. The number of pyridine rings is 1. The van der Waals surface area contributed by atoms with Crippen molar-refractivity contribution in [2.45, 2.75) is 10.9 Å². The lowest BCUT2D eigenvalue weighted by Crippen LogP contribution is -2.01. The predicted molar refractivity (Wildman–Crippen MR) is 114 cm³/mol. The highest BCUT2D eigenvalue weighted by Crippen LogP contribution is 2.34. The summed E-state index contributed by atoms with van der Waals surface area (Å²) in [4.78, 5) is 4.19. The number of para-hydroxylation sites is 1. The van der Waals surface area contributed by atoms with E-state index >= 15 is 0 Å². The van der Waals surface area contributed by atoms with Crippen LogP contribution in [-0.2, 0) is 5.75 Å². The Bertz CT molecular complexity index is 1080. The van der Waals surface area contributed by atoms with Crippen LogP contribution in [0.5, 0.6) is 11.5 Å². The summed E-state index contributed by atoms with van der Waals surface area (Å²) in [7, 11) is 3.31. The van der Waals surface area contributed by atoms with Crippen molar-refractivity contribution in [1.29, 1.82) is 0 Å². The van der Waals surface area contributed by atoms with Gasteiger partial charge in [0.15, 0.2) is 11.0 Å². The Kier molecular flexibility index (Phi) is 5.76. The number of aromatic nitrogens is 4. The van der Waals surface area contributed by atoms with E-state index in [1.807, 2.05) is 65.4 Å². The third-order valence-electron chi connectivity index (χ3n) is 4.40. The van der Waals surface area contributed by atoms with Crippen molar-refractivity contribution in [1.82, 2.24) is 19.7 Å². The fourth-order valence-corrected chi connectivity index (χ4v) is 3.85. The van der Waals surface area contributed by atoms with Crippen molar-refractivity contribution in [2.75, 3.05) is 14.2 Å². The fourth-order valence-electron chi connectivity index (χ4n) is 2.96. The molecule has 0 radical (unpaired) electrons. The first-order chi connectivity index (χ1) is 14.3. The maximum absolute atomic E-state index is 5.55. The molecule has 0 saturated heterocycles. The average Bonchev–Trinajstić information content (AvgIpc) is 3.22. The molecule has 0 fully saturated rings. The van der Waals surface area contributed by atoms with E-state index in [0.29, 0.717) is 0 Å². The molecule has 0 aliphatic heterocycles. The van der Waals surface area contributed by atoms with Gasteiger partial charge >= 0.3 is 0 Å². The maximum atomic E-state index is 5.55. The molecule has 0 saturated carbocycles. The molecule has 0 atom stereocenters. The smallest absolute Gasteiger partial charge is 0.196 e. The zero-order valence-corrected chi connectivity index (χ0v) is 17.0. The lowest BCUT2D eigenvalue weighted by Gasteiger charge is -2.13. The van der Waals surface area contributed by atoms with Crippen molar-refractivity contribution >= 4 is 11.8 Å². The second kappa shape index (κ2) is 8.79. The first kappa shape index (κ1) is 19.0. The van der Waals surface area contributed by atoms with Crippen LogP contribution < -0.4 is 9.47 Å². The largest absolute Gasteiger partial charge is 0.497 e. The minimum absolute atomic E-state index is 0.723. The van der Waals surface area contributed by atoms with Crippen molar-refractivity contribution in [3.05, 3.63) is 78.6 Å². The number of nitrogens with zero attached hydrogens (tertiary/aromatic N) is 4. The Hall–Kier alpha value is -3.32. The van der Waals surface area contributed by atoms with E-state index in [9.17, 15) is 0 Å². The number of hydrogen-bond acceptors (Lipinski definition) is 6. The molecule has 2 aromatic carbocycles. The molecule has 4 aromatic rings. The van der Waals surface area contributed by atoms with Crippen LogP contribution in [0.4, 0.5) is 0 Å². The van der Waals surface area contributed by atoms with E-state index in [-0.39, 0.29) is 0 Å². The number of methoxy groups -OCH3 is 2. The summed E-state index contributed by atoms with van der Waals surface area (Å²) in [6.07, 6.45) is 3.63. The minimum Gasteiger partial charge on any atom is -0.497 e. The van der Waals surface area contributed by atoms with Crippen LogP contribution in [0.2, 0.25) is 0 Å². The molecule has 0 amide bonds. The lowest BCUT2D eigenvalue weighted by molar-refractivity contribution is 0.414. The van der Waals surface area contributed by atoms with Gasteiger partial charge < -0.3 is 9.47 Å². The average molecular weight is 404 g/mol. The van der Waals surface area contributed by atoms with Crippen LogP contribution in [-0.4, -0.2) is 34.0 Å². The van der Waals surface area contributed by atoms with E-state index < -0.39 is 0 Å². The first-order valence-electron chi connectivity index (χ1n) is 9.05. The molecule has 0 aliphatic carbocycles. The molecule has 2 aromatic heterocycles. The van der Waals surface area contributed by atoms with Gasteiger partial charge in [0.25, 0.3) is 0 Å². The zero-order chi connectivity index (χ0) is 20.1. The molecule has 7 heteroatoms. The monoisotopic (exact) mass is 404 g/mol. The van der Waals surface area contributed by atoms with Crippen LogP contribution in [0.1, 0.15) is 5.56 Å². The molecule has 4 rings (SSSR count). The Morgan fingerprint density at radius 2 is 1.72 bits per heavy atom. The fraction of sp³-hybridized carbons (Fsp3) is 0.136. The van der Waals surface area contributed by atoms with Gasteiger partial charge in [-0.25, -0.2) is 0 Å². The summed E-state index contributed by atoms with van der Waals surface area (Å²) in [5, 5.41) is 9.75. The molecule has 6 nitrogen and oxygen atoms in total. The highest BCUT2D eigenvalue weighted by atomic mass is 32.2. The molecule has 146 valence electrons. The van der Waals surface area contributed by atoms with Crippen molar-refractivity contribution in [2.24, 2.45) is 0 Å². The van der Waals surface area contributed by atoms with Gasteiger partial charge in [0, 0.05) is 18.1 Å². The van der Waals surface area contributed by atoms with Gasteiger partial charge in [-0.3, -0.25) is 9.55 Å². The summed E-state index contributed by atoms with van der Waals surface area (Å²) in [5.74, 6) is 3.01. The van der Waals surface area contributed by atoms with Crippen LogP contribution in [0.15, 0.2) is 78.2 Å². The van der Waals surface area contributed by atoms with Crippen molar-refractivity contribution in [3.8, 4) is 28.6 Å². The SMILES string of the molecule is COc1ccc(-n2c(SCc3cccnc3)nnc2-c2ccccc2OC)cc1. The van der Waals surface area contributed by atoms with Gasteiger partial charge in [-0.1, -0.05) is 30.0 Å². The number of hydrogen-bond donors (Lipinski definition) is 0. The van der Waals surface area contributed by atoms with E-state index in [1.54, 1.807) is 32.2 Å². The first-order valence-corrected chi connectivity index (χ1v) is 10.0. The second-order valence-corrected chi connectivity index (χ2v) is 7.13. The molecule has 0 spiro atoms. The number of benzene rings is 2. The molecule has 2 heterocycles. The number of ether oxygens (including phenoxy) is 2. The Morgan fingerprint density at radius 3 is 2.45 bits per heavy atom. The summed E-state index contributed by atoms with van der Waals surface area (Å²) in [6, 6.07) is 19.6.